The van der Waals surface area contributed by atoms with Gasteiger partial charge in [0.05, 0.1) is 5.60 Å². The standard InChI is InChI=1S/C14H27NO/c1-11(2)15-13-8-4-3-7-12(13)14(16)9-5-6-10-14/h11-13,15-16H,3-10H2,1-2H3/t12-,13+/m1/s1. The van der Waals surface area contributed by atoms with Crippen molar-refractivity contribution in [2.45, 2.75) is 82.9 Å². The van der Waals surface area contributed by atoms with E-state index in [0.717, 1.165) is 12.8 Å². The first kappa shape index (κ1) is 12.4. The van der Waals surface area contributed by atoms with Crippen LogP contribution in [-0.2, 0) is 0 Å². The Balaban J connectivity index is 2.03. The Hall–Kier alpha value is -0.0800. The third-order valence-electron chi connectivity index (χ3n) is 4.47. The second-order valence-electron chi connectivity index (χ2n) is 6.13. The molecule has 0 aliphatic heterocycles. The maximum Gasteiger partial charge on any atom is 0.0690 e. The Kier molecular flexibility index (Phi) is 3.91. The van der Waals surface area contributed by atoms with Crippen molar-refractivity contribution in [3.8, 4) is 0 Å². The topological polar surface area (TPSA) is 32.3 Å². The molecule has 0 unspecified atom stereocenters. The zero-order valence-electron chi connectivity index (χ0n) is 10.8. The average Bonchev–Trinajstić information content (AvgIpc) is 2.66. The lowest BCUT2D eigenvalue weighted by Crippen LogP contribution is -2.51. The Morgan fingerprint density at radius 2 is 1.69 bits per heavy atom. The Morgan fingerprint density at radius 3 is 2.31 bits per heavy atom. The summed E-state index contributed by atoms with van der Waals surface area (Å²) >= 11 is 0. The molecule has 0 aromatic rings. The van der Waals surface area contributed by atoms with Gasteiger partial charge in [-0.3, -0.25) is 0 Å². The molecule has 2 rings (SSSR count). The molecule has 2 nitrogen and oxygen atoms in total. The van der Waals surface area contributed by atoms with E-state index in [0.29, 0.717) is 18.0 Å². The molecule has 2 fully saturated rings. The van der Waals surface area contributed by atoms with Crippen LogP contribution in [0.2, 0.25) is 0 Å². The summed E-state index contributed by atoms with van der Waals surface area (Å²) in [7, 11) is 0. The third-order valence-corrected chi connectivity index (χ3v) is 4.47. The van der Waals surface area contributed by atoms with Crippen LogP contribution in [0.25, 0.3) is 0 Å². The van der Waals surface area contributed by atoms with Crippen molar-refractivity contribution in [1.82, 2.24) is 5.32 Å². The largest absolute Gasteiger partial charge is 0.390 e. The molecule has 2 saturated carbocycles. The monoisotopic (exact) mass is 225 g/mol. The quantitative estimate of drug-likeness (QED) is 0.774. The molecule has 0 saturated heterocycles. The summed E-state index contributed by atoms with van der Waals surface area (Å²) in [5.41, 5.74) is -0.340. The molecular weight excluding hydrogens is 198 g/mol. The summed E-state index contributed by atoms with van der Waals surface area (Å²) in [6.45, 7) is 4.43. The molecule has 94 valence electrons. The number of nitrogens with one attached hydrogen (secondary N) is 1. The number of hydrogen-bond acceptors (Lipinski definition) is 2. The molecule has 2 aliphatic carbocycles. The molecule has 2 N–H and O–H groups in total. The van der Waals surface area contributed by atoms with Crippen molar-refractivity contribution in [2.75, 3.05) is 0 Å². The maximum absolute atomic E-state index is 10.8. The molecule has 2 heteroatoms. The number of hydrogen-bond donors (Lipinski definition) is 2. The zero-order valence-corrected chi connectivity index (χ0v) is 10.8. The van der Waals surface area contributed by atoms with Crippen molar-refractivity contribution in [3.05, 3.63) is 0 Å². The van der Waals surface area contributed by atoms with Crippen LogP contribution in [0.3, 0.4) is 0 Å². The van der Waals surface area contributed by atoms with Crippen molar-refractivity contribution in [1.29, 1.82) is 0 Å². The summed E-state index contributed by atoms with van der Waals surface area (Å²) in [5.74, 6) is 0.506. The molecule has 0 spiro atoms. The smallest absolute Gasteiger partial charge is 0.0690 e. The lowest BCUT2D eigenvalue weighted by Gasteiger charge is -2.42. The number of aliphatic hydroxyl groups is 1. The second-order valence-corrected chi connectivity index (χ2v) is 6.13. The molecule has 0 radical (unpaired) electrons. The maximum atomic E-state index is 10.8. The van der Waals surface area contributed by atoms with Gasteiger partial charge >= 0.3 is 0 Å². The van der Waals surface area contributed by atoms with Gasteiger partial charge in [-0.15, -0.1) is 0 Å². The zero-order chi connectivity index (χ0) is 11.6. The summed E-state index contributed by atoms with van der Waals surface area (Å²) < 4.78 is 0. The first-order valence-corrected chi connectivity index (χ1v) is 7.10. The van der Waals surface area contributed by atoms with Gasteiger partial charge in [0.2, 0.25) is 0 Å². The van der Waals surface area contributed by atoms with Gasteiger partial charge in [-0.25, -0.2) is 0 Å². The predicted molar refractivity (Wildman–Crippen MR) is 67.4 cm³/mol. The SMILES string of the molecule is CC(C)N[C@H]1CCCC[C@H]1C1(O)CCCC1. The molecule has 0 bridgehead atoms. The summed E-state index contributed by atoms with van der Waals surface area (Å²) in [4.78, 5) is 0. The van der Waals surface area contributed by atoms with E-state index in [2.05, 4.69) is 19.2 Å². The fraction of sp³-hybridized carbons (Fsp3) is 1.00. The van der Waals surface area contributed by atoms with E-state index >= 15 is 0 Å². The molecule has 0 aromatic heterocycles. The summed E-state index contributed by atoms with van der Waals surface area (Å²) in [6, 6.07) is 1.09. The minimum absolute atomic E-state index is 0.340. The summed E-state index contributed by atoms with van der Waals surface area (Å²) in [6.07, 6.45) is 9.64. The van der Waals surface area contributed by atoms with Crippen LogP contribution in [0, 0.1) is 5.92 Å². The molecule has 0 heterocycles. The highest BCUT2D eigenvalue weighted by Gasteiger charge is 2.43. The highest BCUT2D eigenvalue weighted by atomic mass is 16.3. The molecule has 0 amide bonds. The van der Waals surface area contributed by atoms with Crippen molar-refractivity contribution in [2.24, 2.45) is 5.92 Å². The van der Waals surface area contributed by atoms with Gasteiger partial charge in [-0.1, -0.05) is 39.5 Å². The molecule has 0 aromatic carbocycles. The van der Waals surface area contributed by atoms with Gasteiger partial charge in [0.25, 0.3) is 0 Å². The first-order valence-electron chi connectivity index (χ1n) is 7.10. The van der Waals surface area contributed by atoms with E-state index in [4.69, 9.17) is 0 Å². The van der Waals surface area contributed by atoms with E-state index in [-0.39, 0.29) is 5.60 Å². The van der Waals surface area contributed by atoms with Gasteiger partial charge in [-0.2, -0.15) is 0 Å². The van der Waals surface area contributed by atoms with Crippen LogP contribution < -0.4 is 5.32 Å². The fourth-order valence-electron chi connectivity index (χ4n) is 3.76. The Labute approximate surface area is 99.8 Å². The van der Waals surface area contributed by atoms with Gasteiger partial charge in [0.1, 0.15) is 0 Å². The van der Waals surface area contributed by atoms with Crippen molar-refractivity contribution >= 4 is 0 Å². The Morgan fingerprint density at radius 1 is 1.06 bits per heavy atom. The van der Waals surface area contributed by atoms with E-state index in [1.807, 2.05) is 0 Å². The Bertz CT molecular complexity index is 221. The van der Waals surface area contributed by atoms with Crippen LogP contribution >= 0.6 is 0 Å². The molecular formula is C14H27NO. The highest BCUT2D eigenvalue weighted by Crippen LogP contribution is 2.42. The predicted octanol–water partition coefficient (Wildman–Crippen LogP) is 2.85. The summed E-state index contributed by atoms with van der Waals surface area (Å²) in [5, 5.41) is 14.4. The minimum Gasteiger partial charge on any atom is -0.390 e. The van der Waals surface area contributed by atoms with E-state index in [9.17, 15) is 5.11 Å². The lowest BCUT2D eigenvalue weighted by atomic mass is 9.72. The highest BCUT2D eigenvalue weighted by molar-refractivity contribution is 4.98. The van der Waals surface area contributed by atoms with Gasteiger partial charge in [0, 0.05) is 18.0 Å². The molecule has 2 aliphatic rings. The third kappa shape index (κ3) is 2.60. The van der Waals surface area contributed by atoms with Gasteiger partial charge in [0.15, 0.2) is 0 Å². The van der Waals surface area contributed by atoms with Gasteiger partial charge < -0.3 is 10.4 Å². The van der Waals surface area contributed by atoms with E-state index in [1.165, 1.54) is 38.5 Å². The fourth-order valence-corrected chi connectivity index (χ4v) is 3.76. The van der Waals surface area contributed by atoms with Crippen molar-refractivity contribution < 1.29 is 5.11 Å². The minimum atomic E-state index is -0.340. The average molecular weight is 225 g/mol. The molecule has 16 heavy (non-hydrogen) atoms. The number of rotatable bonds is 3. The molecule has 2 atom stereocenters. The van der Waals surface area contributed by atoms with Crippen LogP contribution in [0.5, 0.6) is 0 Å². The lowest BCUT2D eigenvalue weighted by molar-refractivity contribution is -0.0419. The van der Waals surface area contributed by atoms with Crippen molar-refractivity contribution in [3.63, 3.8) is 0 Å². The van der Waals surface area contributed by atoms with E-state index in [1.54, 1.807) is 0 Å². The van der Waals surface area contributed by atoms with Crippen LogP contribution in [0.1, 0.15) is 65.2 Å². The second kappa shape index (κ2) is 5.05. The van der Waals surface area contributed by atoms with Crippen LogP contribution in [-0.4, -0.2) is 22.8 Å². The van der Waals surface area contributed by atoms with E-state index < -0.39 is 0 Å². The van der Waals surface area contributed by atoms with Crippen LogP contribution in [0.4, 0.5) is 0 Å². The van der Waals surface area contributed by atoms with Crippen LogP contribution in [0.15, 0.2) is 0 Å². The van der Waals surface area contributed by atoms with Gasteiger partial charge in [-0.05, 0) is 25.7 Å². The first-order chi connectivity index (χ1) is 7.62. The normalized spacial score (nSPS) is 34.5.